The number of carbonyl (C=O) groups excluding carboxylic acids is 2. The molecule has 38 heavy (non-hydrogen) atoms. The average Bonchev–Trinajstić information content (AvgIpc) is 3.17. The summed E-state index contributed by atoms with van der Waals surface area (Å²) < 4.78 is 51.1. The number of carbonyl (C=O) groups is 2. The van der Waals surface area contributed by atoms with Crippen LogP contribution in [0.3, 0.4) is 0 Å². The summed E-state index contributed by atoms with van der Waals surface area (Å²) in [4.78, 5) is 32.8. The number of oxazole rings is 1. The van der Waals surface area contributed by atoms with Crippen LogP contribution >= 0.6 is 0 Å². The van der Waals surface area contributed by atoms with Crippen molar-refractivity contribution in [1.82, 2.24) is 9.88 Å². The summed E-state index contributed by atoms with van der Waals surface area (Å²) in [6.45, 7) is 7.83. The number of hydrogen-bond donors (Lipinski definition) is 1. The first-order valence-corrected chi connectivity index (χ1v) is 12.2. The number of amides is 2. The highest BCUT2D eigenvalue weighted by Gasteiger charge is 2.42. The van der Waals surface area contributed by atoms with Crippen molar-refractivity contribution in [1.29, 1.82) is 0 Å². The fraction of sp³-hybridized carbons (Fsp3) is 0.370. The molecule has 1 N–H and O–H groups in total. The van der Waals surface area contributed by atoms with Gasteiger partial charge in [-0.05, 0) is 63.6 Å². The van der Waals surface area contributed by atoms with E-state index in [1.807, 2.05) is 20.8 Å². The zero-order valence-corrected chi connectivity index (χ0v) is 21.3. The van der Waals surface area contributed by atoms with Crippen molar-refractivity contribution in [3.63, 3.8) is 0 Å². The number of nitrogens with one attached hydrogen (secondary N) is 1. The monoisotopic (exact) mass is 530 g/mol. The highest BCUT2D eigenvalue weighted by molar-refractivity contribution is 6.04. The molecule has 4 rings (SSSR count). The first kappa shape index (κ1) is 27.0. The molecule has 202 valence electrons. The zero-order chi connectivity index (χ0) is 27.5. The molecule has 0 aliphatic carbocycles. The van der Waals surface area contributed by atoms with E-state index in [0.717, 1.165) is 12.1 Å². The lowest BCUT2D eigenvalue weighted by molar-refractivity contribution is -0.153. The van der Waals surface area contributed by atoms with Gasteiger partial charge in [-0.3, -0.25) is 4.79 Å². The Labute approximate surface area is 218 Å². The van der Waals surface area contributed by atoms with E-state index < -0.39 is 29.1 Å². The normalized spacial score (nSPS) is 14.7. The van der Waals surface area contributed by atoms with Crippen molar-refractivity contribution in [2.75, 3.05) is 36.4 Å². The number of hydrogen-bond acceptors (Lipinski definition) is 6. The van der Waals surface area contributed by atoms with Crippen LogP contribution in [0, 0.1) is 0 Å². The second-order valence-electron chi connectivity index (χ2n) is 9.87. The van der Waals surface area contributed by atoms with E-state index in [1.165, 1.54) is 0 Å². The number of benzene rings is 2. The van der Waals surface area contributed by atoms with Crippen molar-refractivity contribution in [2.24, 2.45) is 0 Å². The van der Waals surface area contributed by atoms with E-state index in [2.05, 4.69) is 15.2 Å². The molecule has 0 radical (unpaired) electrons. The number of anilines is 2. The van der Waals surface area contributed by atoms with Gasteiger partial charge in [-0.15, -0.1) is 0 Å². The van der Waals surface area contributed by atoms with Crippen LogP contribution in [0.25, 0.3) is 11.5 Å². The highest BCUT2D eigenvalue weighted by atomic mass is 19.4. The second kappa shape index (κ2) is 10.8. The predicted molar refractivity (Wildman–Crippen MR) is 136 cm³/mol. The number of aromatic nitrogens is 1. The summed E-state index contributed by atoms with van der Waals surface area (Å²) in [5, 5.41) is 2.47. The fourth-order valence-electron chi connectivity index (χ4n) is 4.00. The highest BCUT2D eigenvalue weighted by Crippen LogP contribution is 2.35. The van der Waals surface area contributed by atoms with E-state index in [1.54, 1.807) is 59.5 Å². The van der Waals surface area contributed by atoms with E-state index in [9.17, 15) is 22.8 Å². The van der Waals surface area contributed by atoms with Gasteiger partial charge in [-0.2, -0.15) is 13.2 Å². The van der Waals surface area contributed by atoms with Gasteiger partial charge in [0, 0.05) is 43.1 Å². The quantitative estimate of drug-likeness (QED) is 0.441. The number of alkyl halides is 3. The van der Waals surface area contributed by atoms with Gasteiger partial charge >= 0.3 is 12.3 Å². The maximum absolute atomic E-state index is 13.6. The third kappa shape index (κ3) is 6.64. The lowest BCUT2D eigenvalue weighted by Crippen LogP contribution is -2.39. The van der Waals surface area contributed by atoms with E-state index >= 15 is 0 Å². The fourth-order valence-corrected chi connectivity index (χ4v) is 4.00. The zero-order valence-electron chi connectivity index (χ0n) is 21.3. The van der Waals surface area contributed by atoms with Crippen LogP contribution in [0.2, 0.25) is 0 Å². The molecule has 3 aromatic rings. The summed E-state index contributed by atoms with van der Waals surface area (Å²) in [6.07, 6.45) is -4.50. The van der Waals surface area contributed by atoms with Gasteiger partial charge < -0.3 is 24.3 Å². The lowest BCUT2D eigenvalue weighted by Gasteiger charge is -2.27. The predicted octanol–water partition coefficient (Wildman–Crippen LogP) is 6.06. The van der Waals surface area contributed by atoms with Gasteiger partial charge in [0.05, 0.1) is 0 Å². The van der Waals surface area contributed by atoms with Gasteiger partial charge in [0.1, 0.15) is 5.60 Å². The second-order valence-corrected chi connectivity index (χ2v) is 9.87. The van der Waals surface area contributed by atoms with Crippen LogP contribution < -0.4 is 10.2 Å². The number of halogens is 3. The topological polar surface area (TPSA) is 87.9 Å². The Morgan fingerprint density at radius 1 is 0.947 bits per heavy atom. The SMILES string of the molecule is CC(C)(C)OC(=O)N1CCCN(c2ccc(NC(=O)c3nc(-c4ccccc4)oc3C(F)(F)F)cc2)CC1. The maximum Gasteiger partial charge on any atom is 0.452 e. The van der Waals surface area contributed by atoms with Crippen molar-refractivity contribution in [3.05, 3.63) is 66.1 Å². The molecule has 1 aromatic heterocycles. The van der Waals surface area contributed by atoms with Gasteiger partial charge in [0.2, 0.25) is 11.7 Å². The van der Waals surface area contributed by atoms with Crippen LogP contribution in [-0.4, -0.2) is 53.7 Å². The molecular weight excluding hydrogens is 501 g/mol. The molecule has 0 unspecified atom stereocenters. The molecule has 2 aromatic carbocycles. The maximum atomic E-state index is 13.6. The molecule has 0 spiro atoms. The lowest BCUT2D eigenvalue weighted by atomic mass is 10.2. The molecule has 0 bridgehead atoms. The minimum absolute atomic E-state index is 0.292. The molecule has 11 heteroatoms. The molecule has 1 fully saturated rings. The van der Waals surface area contributed by atoms with E-state index in [0.29, 0.717) is 37.4 Å². The van der Waals surface area contributed by atoms with Crippen molar-refractivity contribution < 1.29 is 31.9 Å². The molecular formula is C27H29F3N4O4. The number of nitrogens with zero attached hydrogens (tertiary/aromatic N) is 3. The van der Waals surface area contributed by atoms with Crippen molar-refractivity contribution in [2.45, 2.75) is 39.0 Å². The van der Waals surface area contributed by atoms with Crippen LogP contribution in [0.5, 0.6) is 0 Å². The Kier molecular flexibility index (Phi) is 7.66. The summed E-state index contributed by atoms with van der Waals surface area (Å²) in [6, 6.07) is 14.8. The third-order valence-electron chi connectivity index (χ3n) is 5.76. The van der Waals surface area contributed by atoms with Gasteiger partial charge in [0.15, 0.2) is 5.69 Å². The Morgan fingerprint density at radius 2 is 1.63 bits per heavy atom. The van der Waals surface area contributed by atoms with Crippen LogP contribution in [0.1, 0.15) is 43.4 Å². The Morgan fingerprint density at radius 3 is 2.26 bits per heavy atom. The van der Waals surface area contributed by atoms with Gasteiger partial charge in [-0.1, -0.05) is 18.2 Å². The van der Waals surface area contributed by atoms with Gasteiger partial charge in [0.25, 0.3) is 5.91 Å². The average molecular weight is 531 g/mol. The van der Waals surface area contributed by atoms with Crippen LogP contribution in [0.4, 0.5) is 29.3 Å². The molecule has 0 saturated carbocycles. The van der Waals surface area contributed by atoms with Crippen LogP contribution in [-0.2, 0) is 10.9 Å². The largest absolute Gasteiger partial charge is 0.452 e. The molecule has 2 amide bonds. The third-order valence-corrected chi connectivity index (χ3v) is 5.76. The Balaban J connectivity index is 1.43. The molecule has 0 atom stereocenters. The molecule has 1 aliphatic rings. The number of rotatable bonds is 4. The molecule has 2 heterocycles. The summed E-state index contributed by atoms with van der Waals surface area (Å²) in [7, 11) is 0. The van der Waals surface area contributed by atoms with E-state index in [4.69, 9.17) is 9.15 Å². The molecule has 8 nitrogen and oxygen atoms in total. The Bertz CT molecular complexity index is 1270. The van der Waals surface area contributed by atoms with E-state index in [-0.39, 0.29) is 12.0 Å². The van der Waals surface area contributed by atoms with Crippen LogP contribution in [0.15, 0.2) is 59.0 Å². The summed E-state index contributed by atoms with van der Waals surface area (Å²) >= 11 is 0. The molecule has 1 aliphatic heterocycles. The first-order valence-electron chi connectivity index (χ1n) is 12.2. The minimum Gasteiger partial charge on any atom is -0.444 e. The number of ether oxygens (including phenoxy) is 1. The summed E-state index contributed by atoms with van der Waals surface area (Å²) in [5.41, 5.74) is 0.0812. The van der Waals surface area contributed by atoms with Gasteiger partial charge in [-0.25, -0.2) is 9.78 Å². The smallest absolute Gasteiger partial charge is 0.444 e. The standard InChI is InChI=1S/C27H29F3N4O4/c1-26(2,3)38-25(36)34-15-7-14-33(16-17-34)20-12-10-19(11-13-20)31-23(35)21-22(27(28,29)30)37-24(32-21)18-8-5-4-6-9-18/h4-6,8-13H,7,14-17H2,1-3H3,(H,31,35). The first-order chi connectivity index (χ1) is 17.9. The molecule has 1 saturated heterocycles. The Hall–Kier alpha value is -4.02. The van der Waals surface area contributed by atoms with Crippen molar-refractivity contribution in [3.8, 4) is 11.5 Å². The van der Waals surface area contributed by atoms with Crippen molar-refractivity contribution >= 4 is 23.4 Å². The summed E-state index contributed by atoms with van der Waals surface area (Å²) in [5.74, 6) is -2.77. The minimum atomic E-state index is -4.89.